The van der Waals surface area contributed by atoms with Gasteiger partial charge in [0.05, 0.1) is 12.7 Å². The molecular weight excluding hydrogens is 295 g/mol. The molecule has 6 heteroatoms. The molecule has 1 amide bonds. The van der Waals surface area contributed by atoms with E-state index in [0.717, 1.165) is 17.7 Å². The first-order chi connectivity index (χ1) is 10.3. The Morgan fingerprint density at radius 3 is 2.45 bits per heavy atom. The molecule has 0 fully saturated rings. The highest BCUT2D eigenvalue weighted by Crippen LogP contribution is 2.34. The van der Waals surface area contributed by atoms with Gasteiger partial charge in [-0.05, 0) is 31.2 Å². The molecule has 0 aliphatic heterocycles. The zero-order valence-corrected chi connectivity index (χ0v) is 12.0. The van der Waals surface area contributed by atoms with Crippen LogP contribution in [0.15, 0.2) is 42.5 Å². The fourth-order valence-corrected chi connectivity index (χ4v) is 1.94. The number of hydrogen-bond acceptors (Lipinski definition) is 2. The smallest absolute Gasteiger partial charge is 0.416 e. The van der Waals surface area contributed by atoms with Gasteiger partial charge in [-0.2, -0.15) is 13.2 Å². The number of carbonyl (C=O) groups is 1. The van der Waals surface area contributed by atoms with Crippen molar-refractivity contribution in [2.24, 2.45) is 0 Å². The van der Waals surface area contributed by atoms with Gasteiger partial charge in [0.2, 0.25) is 0 Å². The minimum atomic E-state index is -4.52. The highest BCUT2D eigenvalue weighted by Gasteiger charge is 2.31. The second-order valence-electron chi connectivity index (χ2n) is 4.77. The van der Waals surface area contributed by atoms with Crippen molar-refractivity contribution in [2.75, 3.05) is 12.4 Å². The zero-order chi connectivity index (χ0) is 16.3. The van der Waals surface area contributed by atoms with E-state index in [1.807, 2.05) is 13.0 Å². The summed E-state index contributed by atoms with van der Waals surface area (Å²) >= 11 is 0. The minimum absolute atomic E-state index is 0.0226. The van der Waals surface area contributed by atoms with Gasteiger partial charge in [0.1, 0.15) is 5.75 Å². The van der Waals surface area contributed by atoms with Gasteiger partial charge in [0.25, 0.3) is 5.91 Å². The second-order valence-corrected chi connectivity index (χ2v) is 4.77. The second kappa shape index (κ2) is 6.09. The van der Waals surface area contributed by atoms with E-state index in [9.17, 15) is 18.0 Å². The lowest BCUT2D eigenvalue weighted by Gasteiger charge is -2.12. The third kappa shape index (κ3) is 3.78. The third-order valence-electron chi connectivity index (χ3n) is 3.01. The van der Waals surface area contributed by atoms with Crippen molar-refractivity contribution in [3.8, 4) is 5.75 Å². The normalized spacial score (nSPS) is 11.1. The molecular formula is C16H14F3NO2. The van der Waals surface area contributed by atoms with Gasteiger partial charge in [0.15, 0.2) is 0 Å². The van der Waals surface area contributed by atoms with Crippen LogP contribution in [-0.2, 0) is 6.18 Å². The van der Waals surface area contributed by atoms with E-state index >= 15 is 0 Å². The Kier molecular flexibility index (Phi) is 4.40. The molecule has 0 aliphatic carbocycles. The number of aryl methyl sites for hydroxylation is 1. The molecule has 0 heterocycles. The maximum Gasteiger partial charge on any atom is 0.416 e. The van der Waals surface area contributed by atoms with Gasteiger partial charge in [0, 0.05) is 17.3 Å². The molecule has 0 saturated carbocycles. The summed E-state index contributed by atoms with van der Waals surface area (Å²) in [5.41, 5.74) is 0.398. The number of alkyl halides is 3. The lowest BCUT2D eigenvalue weighted by atomic mass is 10.1. The average molecular weight is 309 g/mol. The number of methoxy groups -OCH3 is 1. The topological polar surface area (TPSA) is 38.3 Å². The van der Waals surface area contributed by atoms with Crippen molar-refractivity contribution in [1.82, 2.24) is 0 Å². The van der Waals surface area contributed by atoms with Gasteiger partial charge < -0.3 is 10.1 Å². The lowest BCUT2D eigenvalue weighted by Crippen LogP contribution is -2.13. The number of halogens is 3. The van der Waals surface area contributed by atoms with Crippen LogP contribution in [0.1, 0.15) is 21.5 Å². The van der Waals surface area contributed by atoms with Gasteiger partial charge in [-0.15, -0.1) is 0 Å². The summed E-state index contributed by atoms with van der Waals surface area (Å²) in [5, 5.41) is 2.45. The van der Waals surface area contributed by atoms with Crippen molar-refractivity contribution in [1.29, 1.82) is 0 Å². The Hall–Kier alpha value is -2.50. The first-order valence-corrected chi connectivity index (χ1v) is 6.44. The third-order valence-corrected chi connectivity index (χ3v) is 3.01. The van der Waals surface area contributed by atoms with E-state index in [0.29, 0.717) is 5.56 Å². The summed E-state index contributed by atoms with van der Waals surface area (Å²) < 4.78 is 43.3. The Morgan fingerprint density at radius 1 is 1.14 bits per heavy atom. The van der Waals surface area contributed by atoms with Gasteiger partial charge >= 0.3 is 6.18 Å². The highest BCUT2D eigenvalue weighted by atomic mass is 19.4. The molecule has 0 spiro atoms. The number of nitrogens with one attached hydrogen (secondary N) is 1. The van der Waals surface area contributed by atoms with Gasteiger partial charge in [-0.1, -0.05) is 17.7 Å². The molecule has 0 aromatic heterocycles. The minimum Gasteiger partial charge on any atom is -0.497 e. The van der Waals surface area contributed by atoms with E-state index < -0.39 is 17.6 Å². The molecule has 0 unspecified atom stereocenters. The first-order valence-electron chi connectivity index (χ1n) is 6.44. The molecule has 0 bridgehead atoms. The predicted molar refractivity (Wildman–Crippen MR) is 77.1 cm³/mol. The number of ether oxygens (including phenoxy) is 1. The summed E-state index contributed by atoms with van der Waals surface area (Å²) in [7, 11) is 1.27. The quantitative estimate of drug-likeness (QED) is 0.919. The Morgan fingerprint density at radius 2 is 1.86 bits per heavy atom. The lowest BCUT2D eigenvalue weighted by molar-refractivity contribution is -0.137. The number of rotatable bonds is 3. The fraction of sp³-hybridized carbons (Fsp3) is 0.188. The predicted octanol–water partition coefficient (Wildman–Crippen LogP) is 4.27. The summed E-state index contributed by atoms with van der Waals surface area (Å²) in [6.07, 6.45) is -4.52. The summed E-state index contributed by atoms with van der Waals surface area (Å²) in [6, 6.07) is 9.86. The molecule has 2 rings (SSSR count). The summed E-state index contributed by atoms with van der Waals surface area (Å²) in [4.78, 5) is 12.1. The molecule has 0 atom stereocenters. The molecule has 0 aliphatic rings. The van der Waals surface area contributed by atoms with Crippen molar-refractivity contribution in [3.63, 3.8) is 0 Å². The van der Waals surface area contributed by atoms with Crippen molar-refractivity contribution < 1.29 is 22.7 Å². The maximum absolute atomic E-state index is 12.8. The zero-order valence-electron chi connectivity index (χ0n) is 12.0. The monoisotopic (exact) mass is 309 g/mol. The van der Waals surface area contributed by atoms with E-state index in [1.54, 1.807) is 18.2 Å². The maximum atomic E-state index is 12.8. The summed E-state index contributed by atoms with van der Waals surface area (Å²) in [6.45, 7) is 1.82. The van der Waals surface area contributed by atoms with Crippen LogP contribution in [0.4, 0.5) is 18.9 Å². The molecule has 116 valence electrons. The van der Waals surface area contributed by atoms with Crippen LogP contribution in [0.5, 0.6) is 5.75 Å². The Bertz CT molecular complexity index is 696. The standard InChI is InChI=1S/C16H14F3NO2/c1-10-4-3-5-11(6-10)15(21)20-13-7-12(16(17,18)19)8-14(9-13)22-2/h3-9H,1-2H3,(H,20,21). The molecule has 1 N–H and O–H groups in total. The summed E-state index contributed by atoms with van der Waals surface area (Å²) in [5.74, 6) is -0.459. The SMILES string of the molecule is COc1cc(NC(=O)c2cccc(C)c2)cc(C(F)(F)F)c1. The highest BCUT2D eigenvalue weighted by molar-refractivity contribution is 6.04. The van der Waals surface area contributed by atoms with Crippen LogP contribution in [-0.4, -0.2) is 13.0 Å². The molecule has 2 aromatic carbocycles. The Labute approximate surface area is 125 Å². The first kappa shape index (κ1) is 15.9. The van der Waals surface area contributed by atoms with Gasteiger partial charge in [-0.25, -0.2) is 0 Å². The van der Waals surface area contributed by atoms with Crippen LogP contribution in [0.3, 0.4) is 0 Å². The Balaban J connectivity index is 2.31. The number of amides is 1. The molecule has 3 nitrogen and oxygen atoms in total. The van der Waals surface area contributed by atoms with E-state index in [4.69, 9.17) is 4.74 Å². The number of carbonyl (C=O) groups excluding carboxylic acids is 1. The van der Waals surface area contributed by atoms with Crippen molar-refractivity contribution >= 4 is 11.6 Å². The molecule has 0 saturated heterocycles. The largest absolute Gasteiger partial charge is 0.497 e. The van der Waals surface area contributed by atoms with Crippen LogP contribution < -0.4 is 10.1 Å². The molecule has 0 radical (unpaired) electrons. The van der Waals surface area contributed by atoms with Crippen LogP contribution in [0, 0.1) is 6.92 Å². The van der Waals surface area contributed by atoms with Crippen molar-refractivity contribution in [3.05, 3.63) is 59.2 Å². The van der Waals surface area contributed by atoms with E-state index in [2.05, 4.69) is 5.32 Å². The van der Waals surface area contributed by atoms with Crippen LogP contribution >= 0.6 is 0 Å². The number of anilines is 1. The van der Waals surface area contributed by atoms with E-state index in [-0.39, 0.29) is 11.4 Å². The fourth-order valence-electron chi connectivity index (χ4n) is 1.94. The molecule has 22 heavy (non-hydrogen) atoms. The molecule has 2 aromatic rings. The van der Waals surface area contributed by atoms with Gasteiger partial charge in [-0.3, -0.25) is 4.79 Å². The number of hydrogen-bond donors (Lipinski definition) is 1. The average Bonchev–Trinajstić information content (AvgIpc) is 2.46. The van der Waals surface area contributed by atoms with E-state index in [1.165, 1.54) is 13.2 Å². The number of benzene rings is 2. The van der Waals surface area contributed by atoms with Crippen molar-refractivity contribution in [2.45, 2.75) is 13.1 Å². The van der Waals surface area contributed by atoms with Crippen LogP contribution in [0.2, 0.25) is 0 Å². The van der Waals surface area contributed by atoms with Crippen LogP contribution in [0.25, 0.3) is 0 Å².